The maximum atomic E-state index is 13.0. The summed E-state index contributed by atoms with van der Waals surface area (Å²) in [5.41, 5.74) is 1.05. The van der Waals surface area contributed by atoms with Crippen LogP contribution in [0.3, 0.4) is 0 Å². The van der Waals surface area contributed by atoms with Crippen molar-refractivity contribution < 1.29 is 14.3 Å². The number of nitrogens with zero attached hydrogens (tertiary/aromatic N) is 2. The average Bonchev–Trinajstić information content (AvgIpc) is 3.04. The number of ether oxygens (including phenoxy) is 1. The van der Waals surface area contributed by atoms with E-state index in [0.717, 1.165) is 27.1 Å². The molecule has 1 aromatic carbocycles. The van der Waals surface area contributed by atoms with Crippen molar-refractivity contribution in [3.05, 3.63) is 34.7 Å². The number of carbonyl (C=O) groups is 2. The van der Waals surface area contributed by atoms with Gasteiger partial charge in [-0.15, -0.1) is 23.7 Å². The van der Waals surface area contributed by atoms with Crippen molar-refractivity contribution in [1.29, 1.82) is 0 Å². The highest BCUT2D eigenvalue weighted by molar-refractivity contribution is 7.21. The summed E-state index contributed by atoms with van der Waals surface area (Å²) in [5, 5.41) is 4.34. The lowest BCUT2D eigenvalue weighted by atomic mass is 10.1. The van der Waals surface area contributed by atoms with Gasteiger partial charge in [-0.2, -0.15) is 0 Å². The van der Waals surface area contributed by atoms with E-state index in [2.05, 4.69) is 17.4 Å². The molecule has 2 amide bonds. The molecule has 2 aromatic rings. The number of hydrogen-bond acceptors (Lipinski definition) is 5. The molecule has 6 nitrogen and oxygen atoms in total. The fourth-order valence-corrected chi connectivity index (χ4v) is 4.76. The van der Waals surface area contributed by atoms with E-state index < -0.39 is 6.10 Å². The summed E-state index contributed by atoms with van der Waals surface area (Å²) in [6.45, 7) is 6.21. The van der Waals surface area contributed by atoms with Gasteiger partial charge in [0.2, 0.25) is 0 Å². The van der Waals surface area contributed by atoms with Crippen LogP contribution < -0.4 is 5.32 Å². The number of morpholine rings is 1. The van der Waals surface area contributed by atoms with Crippen molar-refractivity contribution >= 4 is 45.6 Å². The molecule has 2 aliphatic rings. The predicted octanol–water partition coefficient (Wildman–Crippen LogP) is 1.90. The molecule has 1 aromatic heterocycles. The highest BCUT2D eigenvalue weighted by Gasteiger charge is 2.31. The molecule has 27 heavy (non-hydrogen) atoms. The van der Waals surface area contributed by atoms with Crippen LogP contribution >= 0.6 is 23.7 Å². The third kappa shape index (κ3) is 3.96. The molecule has 0 saturated carbocycles. The van der Waals surface area contributed by atoms with Crippen LogP contribution in [0, 0.1) is 6.92 Å². The quantitative estimate of drug-likeness (QED) is 0.823. The van der Waals surface area contributed by atoms with Gasteiger partial charge in [0.15, 0.2) is 0 Å². The minimum absolute atomic E-state index is 0. The Morgan fingerprint density at radius 2 is 1.85 bits per heavy atom. The van der Waals surface area contributed by atoms with Crippen LogP contribution in [-0.4, -0.2) is 73.6 Å². The molecule has 0 aliphatic carbocycles. The van der Waals surface area contributed by atoms with E-state index in [0.29, 0.717) is 39.3 Å². The fraction of sp³-hybridized carbons (Fsp3) is 0.474. The predicted molar refractivity (Wildman–Crippen MR) is 109 cm³/mol. The molecule has 1 N–H and O–H groups in total. The number of amides is 2. The van der Waals surface area contributed by atoms with Gasteiger partial charge >= 0.3 is 0 Å². The van der Waals surface area contributed by atoms with Gasteiger partial charge in [-0.25, -0.2) is 0 Å². The van der Waals surface area contributed by atoms with Crippen molar-refractivity contribution in [3.63, 3.8) is 0 Å². The number of nitrogens with one attached hydrogen (secondary N) is 1. The molecule has 2 fully saturated rings. The molecular formula is C19H24ClN3O3S. The molecule has 1 unspecified atom stereocenters. The van der Waals surface area contributed by atoms with Crippen LogP contribution in [-0.2, 0) is 9.53 Å². The van der Waals surface area contributed by atoms with Crippen LogP contribution in [0.2, 0.25) is 0 Å². The Hall–Kier alpha value is -1.67. The van der Waals surface area contributed by atoms with E-state index in [1.165, 1.54) is 0 Å². The van der Waals surface area contributed by atoms with E-state index in [4.69, 9.17) is 4.74 Å². The Labute approximate surface area is 168 Å². The molecule has 2 aliphatic heterocycles. The van der Waals surface area contributed by atoms with Gasteiger partial charge < -0.3 is 19.9 Å². The van der Waals surface area contributed by atoms with Crippen LogP contribution in [0.15, 0.2) is 24.3 Å². The molecule has 8 heteroatoms. The third-order valence-corrected chi connectivity index (χ3v) is 6.38. The number of aryl methyl sites for hydroxylation is 1. The number of benzene rings is 1. The van der Waals surface area contributed by atoms with Gasteiger partial charge in [0, 0.05) is 44.0 Å². The lowest BCUT2D eigenvalue weighted by Gasteiger charge is -2.37. The summed E-state index contributed by atoms with van der Waals surface area (Å²) in [5.74, 6) is 0.105. The van der Waals surface area contributed by atoms with Crippen LogP contribution in [0.25, 0.3) is 10.1 Å². The molecule has 0 bridgehead atoms. The zero-order valence-electron chi connectivity index (χ0n) is 15.3. The Kier molecular flexibility index (Phi) is 6.37. The van der Waals surface area contributed by atoms with Crippen molar-refractivity contribution in [3.8, 4) is 0 Å². The first-order valence-corrected chi connectivity index (χ1v) is 9.85. The average molecular weight is 410 g/mol. The van der Waals surface area contributed by atoms with E-state index in [1.807, 2.05) is 28.9 Å². The lowest BCUT2D eigenvalue weighted by molar-refractivity contribution is -0.146. The van der Waals surface area contributed by atoms with Crippen LogP contribution in [0.1, 0.15) is 15.2 Å². The van der Waals surface area contributed by atoms with E-state index in [1.54, 1.807) is 11.3 Å². The van der Waals surface area contributed by atoms with Crippen LogP contribution in [0.5, 0.6) is 0 Å². The standard InChI is InChI=1S/C19H23N3O3S.ClH/c1-13-14-4-2-3-5-16(14)26-17(13)19(24)22-9-7-21(8-10-22)18(23)15-12-20-6-11-25-15;/h2-5,15,20H,6-12H2,1H3;1H. The SMILES string of the molecule is Cc1c(C(=O)N2CCN(C(=O)C3CNCCO3)CC2)sc2ccccc12.Cl. The Balaban J connectivity index is 0.00000210. The first kappa shape index (κ1) is 20.1. The Bertz CT molecular complexity index is 827. The minimum Gasteiger partial charge on any atom is -0.366 e. The van der Waals surface area contributed by atoms with Gasteiger partial charge in [-0.05, 0) is 23.9 Å². The molecule has 0 spiro atoms. The normalized spacial score (nSPS) is 20.4. The van der Waals surface area contributed by atoms with E-state index >= 15 is 0 Å². The van der Waals surface area contributed by atoms with Gasteiger partial charge in [-0.3, -0.25) is 9.59 Å². The van der Waals surface area contributed by atoms with Crippen molar-refractivity contribution in [2.24, 2.45) is 0 Å². The minimum atomic E-state index is -0.393. The molecule has 0 radical (unpaired) electrons. The summed E-state index contributed by atoms with van der Waals surface area (Å²) >= 11 is 1.56. The van der Waals surface area contributed by atoms with Crippen molar-refractivity contribution in [1.82, 2.24) is 15.1 Å². The van der Waals surface area contributed by atoms with Crippen LogP contribution in [0.4, 0.5) is 0 Å². The number of thiophene rings is 1. The Morgan fingerprint density at radius 1 is 1.15 bits per heavy atom. The van der Waals surface area contributed by atoms with Gasteiger partial charge in [0.25, 0.3) is 11.8 Å². The first-order valence-electron chi connectivity index (χ1n) is 9.03. The monoisotopic (exact) mass is 409 g/mol. The highest BCUT2D eigenvalue weighted by Crippen LogP contribution is 2.31. The summed E-state index contributed by atoms with van der Waals surface area (Å²) in [6, 6.07) is 8.12. The second-order valence-electron chi connectivity index (χ2n) is 6.73. The molecule has 1 atom stereocenters. The number of hydrogen-bond donors (Lipinski definition) is 1. The van der Waals surface area contributed by atoms with Gasteiger partial charge in [0.05, 0.1) is 11.5 Å². The third-order valence-electron chi connectivity index (χ3n) is 5.12. The number of rotatable bonds is 2. The van der Waals surface area contributed by atoms with Crippen molar-refractivity contribution in [2.75, 3.05) is 45.9 Å². The number of fused-ring (bicyclic) bond motifs is 1. The topological polar surface area (TPSA) is 61.9 Å². The van der Waals surface area contributed by atoms with Crippen molar-refractivity contribution in [2.45, 2.75) is 13.0 Å². The molecule has 4 rings (SSSR count). The molecule has 3 heterocycles. The van der Waals surface area contributed by atoms with Gasteiger partial charge in [0.1, 0.15) is 6.10 Å². The lowest BCUT2D eigenvalue weighted by Crippen LogP contribution is -2.55. The zero-order chi connectivity index (χ0) is 18.1. The maximum absolute atomic E-state index is 13.0. The van der Waals surface area contributed by atoms with E-state index in [-0.39, 0.29) is 24.2 Å². The second kappa shape index (κ2) is 8.56. The van der Waals surface area contributed by atoms with Gasteiger partial charge in [-0.1, -0.05) is 18.2 Å². The number of piperazine rings is 1. The summed E-state index contributed by atoms with van der Waals surface area (Å²) in [6.07, 6.45) is -0.393. The maximum Gasteiger partial charge on any atom is 0.264 e. The first-order chi connectivity index (χ1) is 12.6. The molecular weight excluding hydrogens is 386 g/mol. The second-order valence-corrected chi connectivity index (χ2v) is 7.79. The summed E-state index contributed by atoms with van der Waals surface area (Å²) in [4.78, 5) is 30.0. The zero-order valence-corrected chi connectivity index (χ0v) is 16.9. The largest absolute Gasteiger partial charge is 0.366 e. The van der Waals surface area contributed by atoms with E-state index in [9.17, 15) is 9.59 Å². The molecule has 146 valence electrons. The fourth-order valence-electron chi connectivity index (χ4n) is 3.58. The number of carbonyl (C=O) groups excluding carboxylic acids is 2. The summed E-state index contributed by atoms with van der Waals surface area (Å²) < 4.78 is 6.70. The Morgan fingerprint density at radius 3 is 2.52 bits per heavy atom. The highest BCUT2D eigenvalue weighted by atomic mass is 35.5. The number of halogens is 1. The smallest absolute Gasteiger partial charge is 0.264 e. The summed E-state index contributed by atoms with van der Waals surface area (Å²) in [7, 11) is 0. The molecule has 2 saturated heterocycles.